The van der Waals surface area contributed by atoms with Gasteiger partial charge in [-0.15, -0.1) is 0 Å². The monoisotopic (exact) mass is 814 g/mol. The summed E-state index contributed by atoms with van der Waals surface area (Å²) in [6, 6.07) is 64.3. The molecule has 8 aromatic carbocycles. The Morgan fingerprint density at radius 3 is 1.08 bits per heavy atom. The molecule has 0 N–H and O–H groups in total. The third kappa shape index (κ3) is 6.07. The fourth-order valence-corrected chi connectivity index (χ4v) is 16.9. The van der Waals surface area contributed by atoms with Crippen LogP contribution in [0.15, 0.2) is 170 Å². The Morgan fingerprint density at radius 1 is 0.311 bits per heavy atom. The lowest BCUT2D eigenvalue weighted by molar-refractivity contribution is 0.660. The molecule has 2 heteroatoms. The first-order valence-electron chi connectivity index (χ1n) is 21.8. The average molecular weight is 815 g/mol. The standard InChI is InChI=1S/C59H50Si2/c1-59(2)53-35-41(17-15-39-19-25-43(26-20-39)45-29-33-57-51(37-45)49-11-7-9-13-55(49)60(57,3)4)23-31-47(53)48-32-24-42(36-54(48)59)18-16-40-21-27-44(28-22-40)46-30-34-58-52(38-46)50-12-8-10-14-56(50)61(58,5)6/h7-38H,1-6H3. The molecule has 0 spiro atoms. The summed E-state index contributed by atoms with van der Waals surface area (Å²) in [5, 5.41) is 6.21. The van der Waals surface area contributed by atoms with E-state index in [0.29, 0.717) is 0 Å². The summed E-state index contributed by atoms with van der Waals surface area (Å²) in [4.78, 5) is 0. The van der Waals surface area contributed by atoms with E-state index in [1.165, 1.54) is 89.0 Å². The molecule has 11 rings (SSSR count). The van der Waals surface area contributed by atoms with Crippen LogP contribution >= 0.6 is 0 Å². The smallest absolute Gasteiger partial charge is 0.0623 e. The van der Waals surface area contributed by atoms with Crippen molar-refractivity contribution < 1.29 is 0 Å². The summed E-state index contributed by atoms with van der Waals surface area (Å²) in [6.45, 7) is 14.7. The first-order chi connectivity index (χ1) is 29.5. The van der Waals surface area contributed by atoms with E-state index >= 15 is 0 Å². The molecule has 2 aliphatic heterocycles. The Kier molecular flexibility index (Phi) is 8.55. The van der Waals surface area contributed by atoms with E-state index in [0.717, 1.165) is 0 Å². The number of hydrogen-bond acceptors (Lipinski definition) is 0. The first-order valence-corrected chi connectivity index (χ1v) is 27.8. The minimum absolute atomic E-state index is 0.0934. The van der Waals surface area contributed by atoms with Gasteiger partial charge in [-0.2, -0.15) is 0 Å². The molecule has 0 nitrogen and oxygen atoms in total. The molecule has 0 bridgehead atoms. The maximum absolute atomic E-state index is 2.48. The molecule has 0 atom stereocenters. The lowest BCUT2D eigenvalue weighted by Crippen LogP contribution is -2.49. The van der Waals surface area contributed by atoms with E-state index in [2.05, 4.69) is 234 Å². The molecule has 0 unspecified atom stereocenters. The van der Waals surface area contributed by atoms with Gasteiger partial charge in [0.2, 0.25) is 0 Å². The average Bonchev–Trinajstić information content (AvgIpc) is 3.76. The van der Waals surface area contributed by atoms with Crippen LogP contribution in [-0.4, -0.2) is 16.1 Å². The fourth-order valence-electron chi connectivity index (χ4n) is 10.7. The highest BCUT2D eigenvalue weighted by atomic mass is 28.3. The minimum atomic E-state index is -1.64. The molecule has 2 heterocycles. The molecule has 0 aromatic heterocycles. The van der Waals surface area contributed by atoms with Crippen LogP contribution in [-0.2, 0) is 5.41 Å². The van der Waals surface area contributed by atoms with E-state index in [1.807, 2.05) is 0 Å². The zero-order valence-corrected chi connectivity index (χ0v) is 38.0. The van der Waals surface area contributed by atoms with Gasteiger partial charge in [0.1, 0.15) is 16.1 Å². The molecule has 8 aromatic rings. The van der Waals surface area contributed by atoms with Crippen molar-refractivity contribution in [3.63, 3.8) is 0 Å². The van der Waals surface area contributed by atoms with Crippen LogP contribution in [0.3, 0.4) is 0 Å². The molecular weight excluding hydrogens is 765 g/mol. The fraction of sp³-hybridized carbons (Fsp3) is 0.119. The Balaban J connectivity index is 0.786. The first kappa shape index (κ1) is 37.7. The molecule has 0 amide bonds. The molecule has 1 aliphatic carbocycles. The summed E-state index contributed by atoms with van der Waals surface area (Å²) >= 11 is 0. The van der Waals surface area contributed by atoms with Gasteiger partial charge in [0.25, 0.3) is 0 Å². The van der Waals surface area contributed by atoms with Gasteiger partial charge in [-0.25, -0.2) is 0 Å². The Hall–Kier alpha value is -6.33. The molecule has 0 radical (unpaired) electrons. The van der Waals surface area contributed by atoms with E-state index < -0.39 is 16.1 Å². The largest absolute Gasteiger partial charge is 0.113 e. The zero-order chi connectivity index (χ0) is 41.7. The quantitative estimate of drug-likeness (QED) is 0.116. The van der Waals surface area contributed by atoms with Crippen molar-refractivity contribution in [3.8, 4) is 55.6 Å². The van der Waals surface area contributed by atoms with Crippen molar-refractivity contribution in [3.05, 3.63) is 203 Å². The van der Waals surface area contributed by atoms with E-state index in [1.54, 1.807) is 20.7 Å². The van der Waals surface area contributed by atoms with Crippen molar-refractivity contribution in [2.24, 2.45) is 0 Å². The van der Waals surface area contributed by atoms with E-state index in [-0.39, 0.29) is 5.41 Å². The van der Waals surface area contributed by atoms with Gasteiger partial charge in [-0.1, -0.05) is 222 Å². The van der Waals surface area contributed by atoms with Gasteiger partial charge in [-0.3, -0.25) is 0 Å². The van der Waals surface area contributed by atoms with Crippen molar-refractivity contribution in [1.29, 1.82) is 0 Å². The van der Waals surface area contributed by atoms with Crippen LogP contribution in [0.4, 0.5) is 0 Å². The van der Waals surface area contributed by atoms with Gasteiger partial charge >= 0.3 is 0 Å². The molecular formula is C59H50Si2. The summed E-state index contributed by atoms with van der Waals surface area (Å²) in [5.41, 5.74) is 21.0. The molecule has 294 valence electrons. The normalized spacial score (nSPS) is 15.6. The second kappa shape index (κ2) is 13.9. The van der Waals surface area contributed by atoms with Crippen molar-refractivity contribution in [1.82, 2.24) is 0 Å². The van der Waals surface area contributed by atoms with Crippen molar-refractivity contribution in [2.45, 2.75) is 45.5 Å². The van der Waals surface area contributed by atoms with Gasteiger partial charge in [-0.05, 0) is 122 Å². The second-order valence-electron chi connectivity index (χ2n) is 19.0. The van der Waals surface area contributed by atoms with Crippen LogP contribution in [0, 0.1) is 0 Å². The van der Waals surface area contributed by atoms with Gasteiger partial charge in [0, 0.05) is 5.41 Å². The summed E-state index contributed by atoms with van der Waals surface area (Å²) in [6.07, 6.45) is 9.02. The molecule has 0 fully saturated rings. The predicted octanol–water partition coefficient (Wildman–Crippen LogP) is 13.3. The number of rotatable bonds is 6. The molecule has 3 aliphatic rings. The lowest BCUT2D eigenvalue weighted by Gasteiger charge is -2.22. The topological polar surface area (TPSA) is 0 Å². The maximum Gasteiger partial charge on any atom is 0.113 e. The summed E-state index contributed by atoms with van der Waals surface area (Å²) < 4.78 is 0. The Morgan fingerprint density at radius 2 is 0.656 bits per heavy atom. The van der Waals surface area contributed by atoms with E-state index in [9.17, 15) is 0 Å². The van der Waals surface area contributed by atoms with Crippen LogP contribution in [0.1, 0.15) is 47.2 Å². The van der Waals surface area contributed by atoms with Crippen LogP contribution < -0.4 is 20.7 Å². The van der Waals surface area contributed by atoms with Gasteiger partial charge in [0.05, 0.1) is 0 Å². The number of fused-ring (bicyclic) bond motifs is 9. The number of benzene rings is 8. The molecule has 61 heavy (non-hydrogen) atoms. The predicted molar refractivity (Wildman–Crippen MR) is 270 cm³/mol. The third-order valence-corrected chi connectivity index (χ3v) is 21.4. The SMILES string of the molecule is CC1(C)c2cc(C=Cc3ccc(-c4ccc5c(c4)-c4ccccc4[Si]5(C)C)cc3)ccc2-c2ccc(C=Cc3ccc(-c4ccc5c(c4)-c4ccccc4[Si]5(C)C)cc3)cc21. The van der Waals surface area contributed by atoms with Gasteiger partial charge < -0.3 is 0 Å². The zero-order valence-electron chi connectivity index (χ0n) is 36.0. The molecule has 0 saturated heterocycles. The Bertz CT molecular complexity index is 2920. The number of hydrogen-bond donors (Lipinski definition) is 0. The Labute approximate surface area is 363 Å². The van der Waals surface area contributed by atoms with Gasteiger partial charge in [0.15, 0.2) is 0 Å². The van der Waals surface area contributed by atoms with Crippen molar-refractivity contribution >= 4 is 61.2 Å². The highest BCUT2D eigenvalue weighted by molar-refractivity contribution is 7.04. The highest BCUT2D eigenvalue weighted by Crippen LogP contribution is 2.49. The van der Waals surface area contributed by atoms with E-state index in [4.69, 9.17) is 0 Å². The van der Waals surface area contributed by atoms with Crippen LogP contribution in [0.2, 0.25) is 26.2 Å². The molecule has 0 saturated carbocycles. The summed E-state index contributed by atoms with van der Waals surface area (Å²) in [5.74, 6) is 0. The second-order valence-corrected chi connectivity index (χ2v) is 27.7. The lowest BCUT2D eigenvalue weighted by atomic mass is 9.81. The third-order valence-electron chi connectivity index (χ3n) is 14.3. The van der Waals surface area contributed by atoms with Crippen molar-refractivity contribution in [2.75, 3.05) is 0 Å². The highest BCUT2D eigenvalue weighted by Gasteiger charge is 2.39. The maximum atomic E-state index is 2.48. The van der Waals surface area contributed by atoms with Crippen LogP contribution in [0.25, 0.3) is 79.9 Å². The summed E-state index contributed by atoms with van der Waals surface area (Å²) in [7, 11) is -3.28. The van der Waals surface area contributed by atoms with Crippen LogP contribution in [0.5, 0.6) is 0 Å². The minimum Gasteiger partial charge on any atom is -0.0623 e.